The van der Waals surface area contributed by atoms with Crippen LogP contribution in [0, 0.1) is 5.92 Å². The molecule has 1 aliphatic rings. The van der Waals surface area contributed by atoms with Crippen molar-refractivity contribution >= 4 is 26.7 Å². The summed E-state index contributed by atoms with van der Waals surface area (Å²) in [6.07, 6.45) is 3.93. The Morgan fingerprint density at radius 2 is 2.10 bits per heavy atom. The van der Waals surface area contributed by atoms with Gasteiger partial charge in [0.05, 0.1) is 10.2 Å². The summed E-state index contributed by atoms with van der Waals surface area (Å²) in [6.45, 7) is 7.16. The van der Waals surface area contributed by atoms with Crippen molar-refractivity contribution in [1.29, 1.82) is 0 Å². The first-order chi connectivity index (χ1) is 9.81. The third-order valence-corrected chi connectivity index (χ3v) is 5.09. The molecule has 1 fully saturated rings. The van der Waals surface area contributed by atoms with Crippen LogP contribution in [-0.2, 0) is 0 Å². The first kappa shape index (κ1) is 13.8. The van der Waals surface area contributed by atoms with Crippen molar-refractivity contribution in [3.8, 4) is 0 Å². The van der Waals surface area contributed by atoms with Gasteiger partial charge in [-0.1, -0.05) is 30.4 Å². The predicted octanol–water partition coefficient (Wildman–Crippen LogP) is 3.83. The summed E-state index contributed by atoms with van der Waals surface area (Å²) in [4.78, 5) is 7.20. The Morgan fingerprint density at radius 1 is 1.30 bits per heavy atom. The Kier molecular flexibility index (Phi) is 4.53. The lowest BCUT2D eigenvalue weighted by Gasteiger charge is -2.30. The lowest BCUT2D eigenvalue weighted by Crippen LogP contribution is -2.34. The van der Waals surface area contributed by atoms with Gasteiger partial charge in [-0.15, -0.1) is 0 Å². The first-order valence-electron chi connectivity index (χ1n) is 7.63. The predicted molar refractivity (Wildman–Crippen MR) is 87.6 cm³/mol. The zero-order valence-corrected chi connectivity index (χ0v) is 13.0. The summed E-state index contributed by atoms with van der Waals surface area (Å²) < 4.78 is 1.26. The van der Waals surface area contributed by atoms with Gasteiger partial charge in [-0.2, -0.15) is 0 Å². The van der Waals surface area contributed by atoms with Crippen molar-refractivity contribution in [3.63, 3.8) is 0 Å². The quantitative estimate of drug-likeness (QED) is 0.848. The van der Waals surface area contributed by atoms with E-state index in [1.54, 1.807) is 11.3 Å². The molecular weight excluding hydrogens is 266 g/mol. The van der Waals surface area contributed by atoms with Crippen LogP contribution in [0.15, 0.2) is 24.3 Å². The number of benzene rings is 1. The lowest BCUT2D eigenvalue weighted by molar-refractivity contribution is 0.192. The van der Waals surface area contributed by atoms with Crippen molar-refractivity contribution < 1.29 is 0 Å². The van der Waals surface area contributed by atoms with Crippen molar-refractivity contribution in [1.82, 2.24) is 9.88 Å². The van der Waals surface area contributed by atoms with Crippen LogP contribution in [-0.4, -0.2) is 36.1 Å². The Morgan fingerprint density at radius 3 is 2.90 bits per heavy atom. The smallest absolute Gasteiger partial charge is 0.183 e. The second-order valence-electron chi connectivity index (χ2n) is 5.79. The van der Waals surface area contributed by atoms with Gasteiger partial charge in [-0.05, 0) is 56.9 Å². The molecule has 0 radical (unpaired) electrons. The molecule has 3 nitrogen and oxygen atoms in total. The summed E-state index contributed by atoms with van der Waals surface area (Å²) in [5.41, 5.74) is 1.10. The Labute approximate surface area is 125 Å². The highest BCUT2D eigenvalue weighted by molar-refractivity contribution is 7.22. The van der Waals surface area contributed by atoms with Crippen molar-refractivity contribution in [3.05, 3.63) is 24.3 Å². The summed E-state index contributed by atoms with van der Waals surface area (Å²) in [6, 6.07) is 8.32. The number of anilines is 1. The summed E-state index contributed by atoms with van der Waals surface area (Å²) in [5, 5.41) is 4.52. The third kappa shape index (κ3) is 3.49. The van der Waals surface area contributed by atoms with Crippen LogP contribution < -0.4 is 5.32 Å². The zero-order valence-electron chi connectivity index (χ0n) is 12.1. The number of piperidine rings is 1. The molecule has 2 heterocycles. The van der Waals surface area contributed by atoms with Crippen molar-refractivity contribution in [2.45, 2.75) is 26.2 Å². The van der Waals surface area contributed by atoms with Gasteiger partial charge in [0, 0.05) is 6.54 Å². The largest absolute Gasteiger partial charge is 0.361 e. The minimum Gasteiger partial charge on any atom is -0.361 e. The number of hydrogen-bond donors (Lipinski definition) is 1. The highest BCUT2D eigenvalue weighted by atomic mass is 32.1. The lowest BCUT2D eigenvalue weighted by atomic mass is 9.99. The molecule has 0 unspecified atom stereocenters. The second-order valence-corrected chi connectivity index (χ2v) is 6.82. The van der Waals surface area contributed by atoms with E-state index in [4.69, 9.17) is 0 Å². The van der Waals surface area contributed by atoms with Crippen LogP contribution in [0.25, 0.3) is 10.2 Å². The second kappa shape index (κ2) is 6.55. The summed E-state index contributed by atoms with van der Waals surface area (Å²) in [5.74, 6) is 0.923. The average Bonchev–Trinajstić information content (AvgIpc) is 2.88. The fourth-order valence-corrected chi connectivity index (χ4v) is 3.62. The highest BCUT2D eigenvalue weighted by Gasteiger charge is 2.14. The van der Waals surface area contributed by atoms with E-state index in [1.165, 1.54) is 43.6 Å². The number of nitrogens with one attached hydrogen (secondary N) is 1. The number of fused-ring (bicyclic) bond motifs is 1. The molecule has 0 spiro atoms. The standard InChI is InChI=1S/C16H23N3S/c1-13-7-11-19(12-8-13)10-4-9-17-16-18-14-5-2-3-6-15(14)20-16/h2-3,5-6,13H,4,7-12H2,1H3,(H,17,18). The minimum atomic E-state index is 0.923. The van der Waals surface area contributed by atoms with Crippen molar-refractivity contribution in [2.24, 2.45) is 5.92 Å². The van der Waals surface area contributed by atoms with Gasteiger partial charge in [0.15, 0.2) is 5.13 Å². The van der Waals surface area contributed by atoms with Crippen LogP contribution in [0.3, 0.4) is 0 Å². The molecule has 0 saturated carbocycles. The number of aromatic nitrogens is 1. The number of para-hydroxylation sites is 1. The average molecular weight is 289 g/mol. The molecule has 0 amide bonds. The van der Waals surface area contributed by atoms with Crippen LogP contribution in [0.2, 0.25) is 0 Å². The normalized spacial score (nSPS) is 17.6. The first-order valence-corrected chi connectivity index (χ1v) is 8.45. The van der Waals surface area contributed by atoms with Gasteiger partial charge in [0.2, 0.25) is 0 Å². The van der Waals surface area contributed by atoms with Gasteiger partial charge in [-0.25, -0.2) is 4.98 Å². The SMILES string of the molecule is CC1CCN(CCCNc2nc3ccccc3s2)CC1. The van der Waals surface area contributed by atoms with E-state index >= 15 is 0 Å². The van der Waals surface area contributed by atoms with E-state index in [0.717, 1.165) is 23.1 Å². The molecule has 1 N–H and O–H groups in total. The van der Waals surface area contributed by atoms with Gasteiger partial charge < -0.3 is 10.2 Å². The monoisotopic (exact) mass is 289 g/mol. The number of thiazole rings is 1. The molecule has 108 valence electrons. The molecule has 0 bridgehead atoms. The fraction of sp³-hybridized carbons (Fsp3) is 0.562. The van der Waals surface area contributed by atoms with Crippen LogP contribution in [0.4, 0.5) is 5.13 Å². The fourth-order valence-electron chi connectivity index (χ4n) is 2.73. The topological polar surface area (TPSA) is 28.2 Å². The highest BCUT2D eigenvalue weighted by Crippen LogP contribution is 2.25. The van der Waals surface area contributed by atoms with Gasteiger partial charge in [-0.3, -0.25) is 0 Å². The third-order valence-electron chi connectivity index (χ3n) is 4.10. The molecule has 0 aliphatic carbocycles. The van der Waals surface area contributed by atoms with Gasteiger partial charge >= 0.3 is 0 Å². The van der Waals surface area contributed by atoms with Crippen LogP contribution in [0.1, 0.15) is 26.2 Å². The molecule has 4 heteroatoms. The van der Waals surface area contributed by atoms with Crippen molar-refractivity contribution in [2.75, 3.05) is 31.5 Å². The van der Waals surface area contributed by atoms with E-state index in [0.29, 0.717) is 0 Å². The number of rotatable bonds is 5. The molecular formula is C16H23N3S. The summed E-state index contributed by atoms with van der Waals surface area (Å²) >= 11 is 1.75. The molecule has 20 heavy (non-hydrogen) atoms. The maximum atomic E-state index is 4.60. The van der Waals surface area contributed by atoms with E-state index in [-0.39, 0.29) is 0 Å². The van der Waals surface area contributed by atoms with E-state index in [9.17, 15) is 0 Å². The Balaban J connectivity index is 1.41. The van der Waals surface area contributed by atoms with Crippen LogP contribution in [0.5, 0.6) is 0 Å². The zero-order chi connectivity index (χ0) is 13.8. The maximum Gasteiger partial charge on any atom is 0.183 e. The van der Waals surface area contributed by atoms with E-state index in [2.05, 4.69) is 40.3 Å². The van der Waals surface area contributed by atoms with E-state index < -0.39 is 0 Å². The Bertz CT molecular complexity index is 510. The molecule has 3 rings (SSSR count). The Hall–Kier alpha value is -1.13. The molecule has 1 saturated heterocycles. The van der Waals surface area contributed by atoms with Gasteiger partial charge in [0.25, 0.3) is 0 Å². The summed E-state index contributed by atoms with van der Waals surface area (Å²) in [7, 11) is 0. The van der Waals surface area contributed by atoms with Gasteiger partial charge in [0.1, 0.15) is 0 Å². The van der Waals surface area contributed by atoms with E-state index in [1.807, 2.05) is 6.07 Å². The molecule has 0 atom stereocenters. The molecule has 1 aliphatic heterocycles. The van der Waals surface area contributed by atoms with Crippen LogP contribution >= 0.6 is 11.3 Å². The minimum absolute atomic E-state index is 0.923. The molecule has 1 aromatic carbocycles. The molecule has 2 aromatic rings. The maximum absolute atomic E-state index is 4.60. The number of likely N-dealkylation sites (tertiary alicyclic amines) is 1. The molecule has 1 aromatic heterocycles. The number of hydrogen-bond acceptors (Lipinski definition) is 4. The number of nitrogens with zero attached hydrogens (tertiary/aromatic N) is 2.